The normalized spacial score (nSPS) is 13.0. The van der Waals surface area contributed by atoms with Crippen LogP contribution in [0, 0.1) is 0 Å². The summed E-state index contributed by atoms with van der Waals surface area (Å²) >= 11 is 0. The Kier molecular flexibility index (Phi) is 4.53. The molecule has 2 aromatic carbocycles. The molecule has 0 unspecified atom stereocenters. The Morgan fingerprint density at radius 3 is 2.19 bits per heavy atom. The number of halogens is 3. The van der Waals surface area contributed by atoms with E-state index in [1.165, 1.54) is 18.2 Å². The summed E-state index contributed by atoms with van der Waals surface area (Å²) < 4.78 is 44.4. The Balaban J connectivity index is 2.40. The molecule has 0 saturated carbocycles. The van der Waals surface area contributed by atoms with Crippen molar-refractivity contribution in [2.24, 2.45) is 5.73 Å². The molecule has 0 aliphatic heterocycles. The molecule has 1 atom stereocenters. The molecule has 0 fully saturated rings. The van der Waals surface area contributed by atoms with Crippen molar-refractivity contribution in [2.45, 2.75) is 25.6 Å². The van der Waals surface area contributed by atoms with Gasteiger partial charge in [-0.15, -0.1) is 0 Å². The fourth-order valence-electron chi connectivity index (χ4n) is 2.01. The first-order valence-corrected chi connectivity index (χ1v) is 6.62. The molecule has 2 aromatic rings. The van der Waals surface area contributed by atoms with Crippen molar-refractivity contribution >= 4 is 0 Å². The molecule has 0 radical (unpaired) electrons. The summed E-state index contributed by atoms with van der Waals surface area (Å²) in [5, 5.41) is 0. The maximum Gasteiger partial charge on any atom is 0.419 e. The third-order valence-corrected chi connectivity index (χ3v) is 3.17. The highest BCUT2D eigenvalue weighted by molar-refractivity contribution is 5.43. The molecule has 0 aliphatic carbocycles. The first kappa shape index (κ1) is 15.4. The Bertz CT molecular complexity index is 610. The number of alkyl halides is 3. The molecular weight excluding hydrogens is 279 g/mol. The van der Waals surface area contributed by atoms with Crippen LogP contribution in [0.1, 0.15) is 30.5 Å². The van der Waals surface area contributed by atoms with Crippen molar-refractivity contribution in [1.82, 2.24) is 0 Å². The molecule has 2 nitrogen and oxygen atoms in total. The molecule has 0 saturated heterocycles. The van der Waals surface area contributed by atoms with Crippen molar-refractivity contribution in [1.29, 1.82) is 0 Å². The molecule has 112 valence electrons. The van der Waals surface area contributed by atoms with Gasteiger partial charge in [0.25, 0.3) is 0 Å². The van der Waals surface area contributed by atoms with Crippen LogP contribution in [0.2, 0.25) is 0 Å². The molecule has 21 heavy (non-hydrogen) atoms. The third-order valence-electron chi connectivity index (χ3n) is 3.17. The molecule has 0 aromatic heterocycles. The first-order chi connectivity index (χ1) is 9.93. The highest BCUT2D eigenvalue weighted by Crippen LogP contribution is 2.39. The zero-order valence-corrected chi connectivity index (χ0v) is 11.5. The third kappa shape index (κ3) is 3.55. The van der Waals surface area contributed by atoms with Crippen LogP contribution < -0.4 is 10.5 Å². The van der Waals surface area contributed by atoms with Crippen LogP contribution >= 0.6 is 0 Å². The van der Waals surface area contributed by atoms with Gasteiger partial charge in [0, 0.05) is 11.6 Å². The van der Waals surface area contributed by atoms with Gasteiger partial charge in [-0.25, -0.2) is 0 Å². The van der Waals surface area contributed by atoms with E-state index >= 15 is 0 Å². The second kappa shape index (κ2) is 6.18. The molecule has 0 amide bonds. The zero-order chi connectivity index (χ0) is 15.5. The van der Waals surface area contributed by atoms with Gasteiger partial charge in [0.15, 0.2) is 0 Å². The predicted octanol–water partition coefficient (Wildman–Crippen LogP) is 4.91. The van der Waals surface area contributed by atoms with Crippen molar-refractivity contribution in [3.05, 3.63) is 59.7 Å². The lowest BCUT2D eigenvalue weighted by molar-refractivity contribution is -0.138. The van der Waals surface area contributed by atoms with Gasteiger partial charge in [0.2, 0.25) is 0 Å². The number of ether oxygens (including phenoxy) is 1. The van der Waals surface area contributed by atoms with E-state index in [-0.39, 0.29) is 11.8 Å². The molecule has 2 N–H and O–H groups in total. The van der Waals surface area contributed by atoms with E-state index in [0.29, 0.717) is 17.7 Å². The van der Waals surface area contributed by atoms with Crippen LogP contribution in [0.25, 0.3) is 0 Å². The van der Waals surface area contributed by atoms with Gasteiger partial charge in [-0.05, 0) is 24.6 Å². The van der Waals surface area contributed by atoms with Gasteiger partial charge >= 0.3 is 6.18 Å². The maximum atomic E-state index is 13.0. The Morgan fingerprint density at radius 1 is 1.00 bits per heavy atom. The van der Waals surface area contributed by atoms with Crippen LogP contribution in [0.3, 0.4) is 0 Å². The number of para-hydroxylation sites is 2. The van der Waals surface area contributed by atoms with Gasteiger partial charge in [-0.1, -0.05) is 37.3 Å². The van der Waals surface area contributed by atoms with Crippen molar-refractivity contribution in [2.75, 3.05) is 0 Å². The standard InChI is InChI=1S/C16H16F3NO/c1-2-13(20)11-7-3-5-9-14(11)21-15-10-6-4-8-12(15)16(17,18)19/h3-10,13H,2,20H2,1H3/t13-/m1/s1. The van der Waals surface area contributed by atoms with Gasteiger partial charge < -0.3 is 10.5 Å². The van der Waals surface area contributed by atoms with Crippen LogP contribution in [0.4, 0.5) is 13.2 Å². The van der Waals surface area contributed by atoms with Crippen molar-refractivity contribution < 1.29 is 17.9 Å². The molecule has 0 aliphatic rings. The SMILES string of the molecule is CC[C@@H](N)c1ccccc1Oc1ccccc1C(F)(F)F. The summed E-state index contributed by atoms with van der Waals surface area (Å²) in [5.74, 6) is 0.129. The van der Waals surface area contributed by atoms with E-state index in [0.717, 1.165) is 6.07 Å². The highest BCUT2D eigenvalue weighted by Gasteiger charge is 2.34. The maximum absolute atomic E-state index is 13.0. The number of benzene rings is 2. The fraction of sp³-hybridized carbons (Fsp3) is 0.250. The van der Waals surface area contributed by atoms with Crippen LogP contribution in [-0.4, -0.2) is 0 Å². The summed E-state index contributed by atoms with van der Waals surface area (Å²) in [6.07, 6.45) is -3.79. The van der Waals surface area contributed by atoms with E-state index < -0.39 is 11.7 Å². The van der Waals surface area contributed by atoms with E-state index in [1.807, 2.05) is 6.92 Å². The summed E-state index contributed by atoms with van der Waals surface area (Å²) in [4.78, 5) is 0. The predicted molar refractivity (Wildman–Crippen MR) is 75.2 cm³/mol. The van der Waals surface area contributed by atoms with Crippen LogP contribution in [-0.2, 0) is 6.18 Å². The monoisotopic (exact) mass is 295 g/mol. The summed E-state index contributed by atoms with van der Waals surface area (Å²) in [6, 6.07) is 11.7. The Labute approximate surface area is 121 Å². The smallest absolute Gasteiger partial charge is 0.419 e. The minimum Gasteiger partial charge on any atom is -0.456 e. The van der Waals surface area contributed by atoms with Gasteiger partial charge in [-0.3, -0.25) is 0 Å². The average Bonchev–Trinajstić information content (AvgIpc) is 2.46. The topological polar surface area (TPSA) is 35.2 Å². The molecule has 0 spiro atoms. The second-order valence-electron chi connectivity index (χ2n) is 4.65. The average molecular weight is 295 g/mol. The lowest BCUT2D eigenvalue weighted by atomic mass is 10.0. The Morgan fingerprint density at radius 2 is 1.57 bits per heavy atom. The molecule has 0 heterocycles. The number of nitrogens with two attached hydrogens (primary N) is 1. The van der Waals surface area contributed by atoms with Gasteiger partial charge in [0.05, 0.1) is 5.56 Å². The number of rotatable bonds is 4. The van der Waals surface area contributed by atoms with E-state index in [4.69, 9.17) is 10.5 Å². The van der Waals surface area contributed by atoms with Gasteiger partial charge in [0.1, 0.15) is 11.5 Å². The highest BCUT2D eigenvalue weighted by atomic mass is 19.4. The lowest BCUT2D eigenvalue weighted by Gasteiger charge is -2.18. The quantitative estimate of drug-likeness (QED) is 0.870. The van der Waals surface area contributed by atoms with Crippen LogP contribution in [0.15, 0.2) is 48.5 Å². The second-order valence-corrected chi connectivity index (χ2v) is 4.65. The lowest BCUT2D eigenvalue weighted by Crippen LogP contribution is -2.11. The van der Waals surface area contributed by atoms with E-state index in [9.17, 15) is 13.2 Å². The minimum absolute atomic E-state index is 0.222. The number of hydrogen-bond acceptors (Lipinski definition) is 2. The van der Waals surface area contributed by atoms with Crippen molar-refractivity contribution in [3.63, 3.8) is 0 Å². The summed E-state index contributed by atoms with van der Waals surface area (Å²) in [6.45, 7) is 1.91. The minimum atomic E-state index is -4.46. The largest absolute Gasteiger partial charge is 0.456 e. The molecule has 0 bridgehead atoms. The molecule has 5 heteroatoms. The fourth-order valence-corrected chi connectivity index (χ4v) is 2.01. The zero-order valence-electron chi connectivity index (χ0n) is 11.5. The van der Waals surface area contributed by atoms with E-state index in [1.54, 1.807) is 24.3 Å². The summed E-state index contributed by atoms with van der Waals surface area (Å²) in [5.41, 5.74) is 5.86. The molecular formula is C16H16F3NO. The number of hydrogen-bond donors (Lipinski definition) is 1. The van der Waals surface area contributed by atoms with E-state index in [2.05, 4.69) is 0 Å². The van der Waals surface area contributed by atoms with Gasteiger partial charge in [-0.2, -0.15) is 13.2 Å². The first-order valence-electron chi connectivity index (χ1n) is 6.62. The molecule has 2 rings (SSSR count). The summed E-state index contributed by atoms with van der Waals surface area (Å²) in [7, 11) is 0. The Hall–Kier alpha value is -2.01. The van der Waals surface area contributed by atoms with Crippen LogP contribution in [0.5, 0.6) is 11.5 Å². The van der Waals surface area contributed by atoms with Crippen molar-refractivity contribution in [3.8, 4) is 11.5 Å².